The monoisotopic (exact) mass is 263 g/mol. The Hall–Kier alpha value is -2.04. The third-order valence-corrected chi connectivity index (χ3v) is 3.80. The van der Waals surface area contributed by atoms with Gasteiger partial charge in [-0.3, -0.25) is 4.79 Å². The molecule has 2 rings (SSSR count). The quantitative estimate of drug-likeness (QED) is 0.828. The van der Waals surface area contributed by atoms with Gasteiger partial charge in [0.2, 0.25) is 0 Å². The van der Waals surface area contributed by atoms with Gasteiger partial charge in [0.05, 0.1) is 17.5 Å². The van der Waals surface area contributed by atoms with E-state index in [-0.39, 0.29) is 16.9 Å². The second-order valence-corrected chi connectivity index (χ2v) is 4.75. The summed E-state index contributed by atoms with van der Waals surface area (Å²) in [5.74, 6) is -0.512. The molecule has 1 aliphatic rings. The van der Waals surface area contributed by atoms with Crippen LogP contribution in [0.4, 0.5) is 0 Å². The summed E-state index contributed by atoms with van der Waals surface area (Å²) < 4.78 is 0. The van der Waals surface area contributed by atoms with Gasteiger partial charge in [-0.1, -0.05) is 13.8 Å². The molecule has 0 bridgehead atoms. The molecule has 0 radical (unpaired) electrons. The van der Waals surface area contributed by atoms with E-state index < -0.39 is 5.97 Å². The molecule has 1 fully saturated rings. The molecule has 0 spiro atoms. The Morgan fingerprint density at radius 1 is 1.32 bits per heavy atom. The minimum atomic E-state index is -0.984. The van der Waals surface area contributed by atoms with E-state index in [4.69, 9.17) is 9.94 Å². The topological polar surface area (TPSA) is 66.8 Å². The summed E-state index contributed by atoms with van der Waals surface area (Å²) in [7, 11) is 0. The lowest BCUT2D eigenvalue weighted by atomic mass is 9.75. The molecule has 1 N–H and O–H groups in total. The van der Waals surface area contributed by atoms with Crippen LogP contribution < -0.4 is 4.84 Å². The number of nitrogens with zero attached hydrogens (tertiary/aromatic N) is 1. The van der Waals surface area contributed by atoms with Crippen LogP contribution in [0.1, 0.15) is 37.0 Å². The molecular weight excluding hydrogens is 246 g/mol. The first kappa shape index (κ1) is 13.4. The van der Waals surface area contributed by atoms with Crippen molar-refractivity contribution in [3.05, 3.63) is 29.8 Å². The minimum Gasteiger partial charge on any atom is -0.478 e. The van der Waals surface area contributed by atoms with Gasteiger partial charge in [-0.25, -0.2) is 4.79 Å². The van der Waals surface area contributed by atoms with E-state index >= 15 is 0 Å². The fourth-order valence-corrected chi connectivity index (χ4v) is 2.22. The summed E-state index contributed by atoms with van der Waals surface area (Å²) in [5.41, 5.74) is -0.0835. The van der Waals surface area contributed by atoms with Gasteiger partial charge in [0.25, 0.3) is 5.91 Å². The number of carboxylic acid groups (broad SMARTS) is 1. The van der Waals surface area contributed by atoms with Crippen molar-refractivity contribution < 1.29 is 19.5 Å². The average Bonchev–Trinajstić information content (AvgIpc) is 2.43. The SMILES string of the molecule is CCC1(CC)CN(Oc2ccc(C(=O)O)cc2)C1=O. The highest BCUT2D eigenvalue weighted by atomic mass is 16.7. The predicted octanol–water partition coefficient (Wildman–Crippen LogP) is 2.33. The van der Waals surface area contributed by atoms with Crippen LogP contribution in [-0.4, -0.2) is 28.6 Å². The van der Waals surface area contributed by atoms with Gasteiger partial charge in [-0.15, -0.1) is 0 Å². The van der Waals surface area contributed by atoms with Crippen molar-refractivity contribution in [1.82, 2.24) is 5.06 Å². The summed E-state index contributed by atoms with van der Waals surface area (Å²) >= 11 is 0. The molecule has 1 aromatic rings. The van der Waals surface area contributed by atoms with Crippen molar-refractivity contribution >= 4 is 11.9 Å². The van der Waals surface area contributed by atoms with E-state index in [0.717, 1.165) is 12.8 Å². The predicted molar refractivity (Wildman–Crippen MR) is 68.8 cm³/mol. The zero-order valence-electron chi connectivity index (χ0n) is 11.0. The van der Waals surface area contributed by atoms with E-state index in [0.29, 0.717) is 12.3 Å². The molecule has 0 aromatic heterocycles. The molecule has 5 heteroatoms. The molecule has 1 heterocycles. The molecule has 19 heavy (non-hydrogen) atoms. The first-order valence-corrected chi connectivity index (χ1v) is 6.35. The molecule has 0 aliphatic carbocycles. The van der Waals surface area contributed by atoms with Gasteiger partial charge in [0, 0.05) is 0 Å². The largest absolute Gasteiger partial charge is 0.478 e. The van der Waals surface area contributed by atoms with E-state index in [2.05, 4.69) is 0 Å². The molecule has 0 atom stereocenters. The third-order valence-electron chi connectivity index (χ3n) is 3.80. The summed E-state index contributed by atoms with van der Waals surface area (Å²) in [6.07, 6.45) is 1.61. The lowest BCUT2D eigenvalue weighted by Gasteiger charge is -2.46. The molecule has 102 valence electrons. The number of carboxylic acids is 1. The van der Waals surface area contributed by atoms with Crippen molar-refractivity contribution in [2.45, 2.75) is 26.7 Å². The maximum Gasteiger partial charge on any atom is 0.335 e. The Bertz CT molecular complexity index is 491. The van der Waals surface area contributed by atoms with Crippen LogP contribution in [0.2, 0.25) is 0 Å². The second kappa shape index (κ2) is 4.91. The Morgan fingerprint density at radius 3 is 2.32 bits per heavy atom. The summed E-state index contributed by atoms with van der Waals surface area (Å²) in [6, 6.07) is 6.01. The maximum atomic E-state index is 12.0. The van der Waals surface area contributed by atoms with E-state index in [1.54, 1.807) is 12.1 Å². The molecule has 0 unspecified atom stereocenters. The third kappa shape index (κ3) is 2.28. The minimum absolute atomic E-state index is 0.000175. The molecule has 0 saturated carbocycles. The van der Waals surface area contributed by atoms with Crippen molar-refractivity contribution in [3.8, 4) is 5.75 Å². The number of aromatic carboxylic acids is 1. The number of β-lactam (4-membered cyclic amide) rings is 1. The van der Waals surface area contributed by atoms with E-state index in [1.165, 1.54) is 17.2 Å². The number of hydroxylamine groups is 2. The first-order chi connectivity index (χ1) is 9.02. The van der Waals surface area contributed by atoms with Crippen molar-refractivity contribution in [2.24, 2.45) is 5.41 Å². The fraction of sp³-hybridized carbons (Fsp3) is 0.429. The zero-order chi connectivity index (χ0) is 14.0. The Labute approximate surface area is 111 Å². The van der Waals surface area contributed by atoms with Crippen LogP contribution in [0.25, 0.3) is 0 Å². The number of hydrogen-bond donors (Lipinski definition) is 1. The maximum absolute atomic E-state index is 12.0. The Balaban J connectivity index is 2.00. The lowest BCUT2D eigenvalue weighted by Crippen LogP contribution is -2.62. The van der Waals surface area contributed by atoms with Crippen molar-refractivity contribution in [1.29, 1.82) is 0 Å². The van der Waals surface area contributed by atoms with Crippen LogP contribution in [0, 0.1) is 5.41 Å². The molecule has 5 nitrogen and oxygen atoms in total. The number of hydrogen-bond acceptors (Lipinski definition) is 3. The molecular formula is C14H17NO4. The van der Waals surface area contributed by atoms with Crippen molar-refractivity contribution in [2.75, 3.05) is 6.54 Å². The van der Waals surface area contributed by atoms with Gasteiger partial charge >= 0.3 is 5.97 Å². The van der Waals surface area contributed by atoms with Gasteiger partial charge in [-0.2, -0.15) is 5.06 Å². The zero-order valence-corrected chi connectivity index (χ0v) is 11.0. The van der Waals surface area contributed by atoms with Gasteiger partial charge in [-0.05, 0) is 37.1 Å². The van der Waals surface area contributed by atoms with E-state index in [1.807, 2.05) is 13.8 Å². The van der Waals surface area contributed by atoms with Gasteiger partial charge < -0.3 is 9.94 Å². The highest BCUT2D eigenvalue weighted by Crippen LogP contribution is 2.38. The highest BCUT2D eigenvalue weighted by molar-refractivity contribution is 5.88. The molecule has 1 aliphatic heterocycles. The Kier molecular flexibility index (Phi) is 3.46. The highest BCUT2D eigenvalue weighted by Gasteiger charge is 2.51. The fourth-order valence-electron chi connectivity index (χ4n) is 2.22. The smallest absolute Gasteiger partial charge is 0.335 e. The molecule has 1 saturated heterocycles. The van der Waals surface area contributed by atoms with Crippen LogP contribution in [-0.2, 0) is 4.79 Å². The Morgan fingerprint density at radius 2 is 1.89 bits per heavy atom. The van der Waals surface area contributed by atoms with Gasteiger partial charge in [0.15, 0.2) is 5.75 Å². The second-order valence-electron chi connectivity index (χ2n) is 4.75. The van der Waals surface area contributed by atoms with Crippen LogP contribution in [0.3, 0.4) is 0 Å². The van der Waals surface area contributed by atoms with E-state index in [9.17, 15) is 9.59 Å². The number of carbonyl (C=O) groups excluding carboxylic acids is 1. The number of amides is 1. The molecule has 1 aromatic carbocycles. The first-order valence-electron chi connectivity index (χ1n) is 6.35. The van der Waals surface area contributed by atoms with Gasteiger partial charge in [0.1, 0.15) is 0 Å². The number of rotatable bonds is 5. The van der Waals surface area contributed by atoms with Crippen LogP contribution in [0.5, 0.6) is 5.75 Å². The summed E-state index contributed by atoms with van der Waals surface area (Å²) in [4.78, 5) is 28.2. The summed E-state index contributed by atoms with van der Waals surface area (Å²) in [5, 5.41) is 10.1. The van der Waals surface area contributed by atoms with Crippen LogP contribution >= 0.6 is 0 Å². The summed E-state index contributed by atoms with van der Waals surface area (Å²) in [6.45, 7) is 4.58. The average molecular weight is 263 g/mol. The standard InChI is InChI=1S/C14H17NO4/c1-3-14(4-2)9-15(13(14)18)19-11-7-5-10(6-8-11)12(16)17/h5-8H,3-4,9H2,1-2H3,(H,16,17). The van der Waals surface area contributed by atoms with Crippen LogP contribution in [0.15, 0.2) is 24.3 Å². The number of benzene rings is 1. The molecule has 1 amide bonds. The number of carbonyl (C=O) groups is 2. The van der Waals surface area contributed by atoms with Crippen molar-refractivity contribution in [3.63, 3.8) is 0 Å². The normalized spacial score (nSPS) is 16.9. The lowest BCUT2D eigenvalue weighted by molar-refractivity contribution is -0.205.